The van der Waals surface area contributed by atoms with Crippen LogP contribution >= 0.6 is 0 Å². The predicted molar refractivity (Wildman–Crippen MR) is 69.6 cm³/mol. The average molecular weight is 217 g/mol. The van der Waals surface area contributed by atoms with Crippen molar-refractivity contribution in [2.24, 2.45) is 5.92 Å². The molecule has 0 bridgehead atoms. The SMILES string of the molecule is CCNC1CCCC(Cc2ccccc2)C1. The third-order valence-corrected chi connectivity index (χ3v) is 3.64. The molecule has 2 atom stereocenters. The number of nitrogens with one attached hydrogen (secondary N) is 1. The van der Waals surface area contributed by atoms with Gasteiger partial charge in [-0.25, -0.2) is 0 Å². The first kappa shape index (κ1) is 11.7. The van der Waals surface area contributed by atoms with Crippen LogP contribution in [0.15, 0.2) is 30.3 Å². The average Bonchev–Trinajstić information content (AvgIpc) is 2.31. The summed E-state index contributed by atoms with van der Waals surface area (Å²) in [6.45, 7) is 3.32. The first-order chi connectivity index (χ1) is 7.88. The minimum absolute atomic E-state index is 0.771. The maximum Gasteiger partial charge on any atom is 0.00697 e. The molecular formula is C15H23N. The van der Waals surface area contributed by atoms with Gasteiger partial charge in [-0.05, 0) is 37.3 Å². The standard InChI is InChI=1S/C15H23N/c1-2-16-15-10-6-9-14(12-15)11-13-7-4-3-5-8-13/h3-5,7-8,14-16H,2,6,9-12H2,1H3. The first-order valence-electron chi connectivity index (χ1n) is 6.65. The first-order valence-corrected chi connectivity index (χ1v) is 6.65. The van der Waals surface area contributed by atoms with E-state index in [1.165, 1.54) is 37.7 Å². The summed E-state index contributed by atoms with van der Waals surface area (Å²) in [7, 11) is 0. The summed E-state index contributed by atoms with van der Waals surface area (Å²) >= 11 is 0. The molecule has 1 saturated carbocycles. The number of hydrogen-bond acceptors (Lipinski definition) is 1. The molecule has 1 N–H and O–H groups in total. The molecule has 0 radical (unpaired) electrons. The maximum absolute atomic E-state index is 3.60. The summed E-state index contributed by atoms with van der Waals surface area (Å²) in [5.41, 5.74) is 1.50. The summed E-state index contributed by atoms with van der Waals surface area (Å²) in [5.74, 6) is 0.889. The summed E-state index contributed by atoms with van der Waals surface area (Å²) in [4.78, 5) is 0. The van der Waals surface area contributed by atoms with Crippen LogP contribution in [0.25, 0.3) is 0 Å². The highest BCUT2D eigenvalue weighted by Crippen LogP contribution is 2.27. The van der Waals surface area contributed by atoms with Crippen LogP contribution in [0.1, 0.15) is 38.2 Å². The predicted octanol–water partition coefficient (Wildman–Crippen LogP) is 3.40. The van der Waals surface area contributed by atoms with Crippen LogP contribution in [0.2, 0.25) is 0 Å². The Morgan fingerprint density at radius 2 is 2.00 bits per heavy atom. The van der Waals surface area contributed by atoms with Crippen LogP contribution < -0.4 is 5.32 Å². The number of hydrogen-bond donors (Lipinski definition) is 1. The van der Waals surface area contributed by atoms with Gasteiger partial charge in [0.15, 0.2) is 0 Å². The summed E-state index contributed by atoms with van der Waals surface area (Å²) in [6, 6.07) is 11.7. The maximum atomic E-state index is 3.60. The second kappa shape index (κ2) is 6.05. The Hall–Kier alpha value is -0.820. The van der Waals surface area contributed by atoms with Gasteiger partial charge in [-0.15, -0.1) is 0 Å². The summed E-state index contributed by atoms with van der Waals surface area (Å²) in [6.07, 6.45) is 6.82. The molecule has 2 rings (SSSR count). The van der Waals surface area contributed by atoms with Crippen LogP contribution in [0.4, 0.5) is 0 Å². The van der Waals surface area contributed by atoms with Gasteiger partial charge in [0.25, 0.3) is 0 Å². The monoisotopic (exact) mass is 217 g/mol. The van der Waals surface area contributed by atoms with Crippen molar-refractivity contribution in [3.05, 3.63) is 35.9 Å². The number of benzene rings is 1. The molecule has 0 saturated heterocycles. The molecule has 88 valence electrons. The molecule has 1 heteroatoms. The van der Waals surface area contributed by atoms with E-state index in [2.05, 4.69) is 42.6 Å². The van der Waals surface area contributed by atoms with Gasteiger partial charge < -0.3 is 5.32 Å². The second-order valence-electron chi connectivity index (χ2n) is 4.98. The fraction of sp³-hybridized carbons (Fsp3) is 0.600. The lowest BCUT2D eigenvalue weighted by Gasteiger charge is -2.29. The van der Waals surface area contributed by atoms with E-state index in [-0.39, 0.29) is 0 Å². The second-order valence-corrected chi connectivity index (χ2v) is 4.98. The van der Waals surface area contributed by atoms with E-state index in [4.69, 9.17) is 0 Å². The minimum Gasteiger partial charge on any atom is -0.314 e. The molecule has 16 heavy (non-hydrogen) atoms. The van der Waals surface area contributed by atoms with Crippen molar-refractivity contribution < 1.29 is 0 Å². The van der Waals surface area contributed by atoms with Gasteiger partial charge in [-0.3, -0.25) is 0 Å². The normalized spacial score (nSPS) is 25.6. The largest absolute Gasteiger partial charge is 0.314 e. The molecule has 1 aliphatic rings. The van der Waals surface area contributed by atoms with Gasteiger partial charge in [0.05, 0.1) is 0 Å². The molecule has 0 spiro atoms. The highest BCUT2D eigenvalue weighted by Gasteiger charge is 2.21. The molecule has 1 fully saturated rings. The van der Waals surface area contributed by atoms with Crippen molar-refractivity contribution in [3.63, 3.8) is 0 Å². The Morgan fingerprint density at radius 1 is 1.19 bits per heavy atom. The van der Waals surface area contributed by atoms with Crippen molar-refractivity contribution in [2.45, 2.75) is 45.1 Å². The lowest BCUT2D eigenvalue weighted by Crippen LogP contribution is -2.34. The van der Waals surface area contributed by atoms with Gasteiger partial charge in [0.1, 0.15) is 0 Å². The van der Waals surface area contributed by atoms with Crippen LogP contribution in [-0.4, -0.2) is 12.6 Å². The fourth-order valence-electron chi connectivity index (χ4n) is 2.90. The highest BCUT2D eigenvalue weighted by atomic mass is 14.9. The molecular weight excluding hydrogens is 194 g/mol. The van der Waals surface area contributed by atoms with Gasteiger partial charge in [0.2, 0.25) is 0 Å². The molecule has 2 unspecified atom stereocenters. The molecule has 1 aliphatic carbocycles. The van der Waals surface area contributed by atoms with E-state index in [0.717, 1.165) is 18.5 Å². The third kappa shape index (κ3) is 3.34. The quantitative estimate of drug-likeness (QED) is 0.815. The molecule has 1 aromatic carbocycles. The molecule has 0 amide bonds. The Kier molecular flexibility index (Phi) is 4.41. The van der Waals surface area contributed by atoms with E-state index < -0.39 is 0 Å². The van der Waals surface area contributed by atoms with Gasteiger partial charge in [-0.2, -0.15) is 0 Å². The van der Waals surface area contributed by atoms with Crippen molar-refractivity contribution >= 4 is 0 Å². The van der Waals surface area contributed by atoms with Crippen molar-refractivity contribution in [1.82, 2.24) is 5.32 Å². The molecule has 1 aromatic rings. The lowest BCUT2D eigenvalue weighted by molar-refractivity contribution is 0.287. The van der Waals surface area contributed by atoms with Crippen molar-refractivity contribution in [3.8, 4) is 0 Å². The zero-order valence-corrected chi connectivity index (χ0v) is 10.3. The van der Waals surface area contributed by atoms with Crippen LogP contribution in [0.5, 0.6) is 0 Å². The number of rotatable bonds is 4. The molecule has 0 aromatic heterocycles. The van der Waals surface area contributed by atoms with E-state index >= 15 is 0 Å². The topological polar surface area (TPSA) is 12.0 Å². The zero-order chi connectivity index (χ0) is 11.2. The molecule has 0 aliphatic heterocycles. The van der Waals surface area contributed by atoms with Crippen LogP contribution in [0.3, 0.4) is 0 Å². The third-order valence-electron chi connectivity index (χ3n) is 3.64. The molecule has 1 nitrogen and oxygen atoms in total. The summed E-state index contributed by atoms with van der Waals surface area (Å²) in [5, 5.41) is 3.60. The van der Waals surface area contributed by atoms with Gasteiger partial charge in [-0.1, -0.05) is 50.1 Å². The fourth-order valence-corrected chi connectivity index (χ4v) is 2.90. The van der Waals surface area contributed by atoms with E-state index in [9.17, 15) is 0 Å². The van der Waals surface area contributed by atoms with E-state index in [1.54, 1.807) is 0 Å². The van der Waals surface area contributed by atoms with E-state index in [1.807, 2.05) is 0 Å². The van der Waals surface area contributed by atoms with Gasteiger partial charge in [0, 0.05) is 6.04 Å². The Morgan fingerprint density at radius 3 is 2.75 bits per heavy atom. The lowest BCUT2D eigenvalue weighted by atomic mass is 9.82. The van der Waals surface area contributed by atoms with Crippen molar-refractivity contribution in [2.75, 3.05) is 6.54 Å². The Balaban J connectivity index is 1.85. The van der Waals surface area contributed by atoms with E-state index in [0.29, 0.717) is 0 Å². The molecule has 0 heterocycles. The van der Waals surface area contributed by atoms with Gasteiger partial charge >= 0.3 is 0 Å². The Bertz CT molecular complexity index is 292. The minimum atomic E-state index is 0.771. The zero-order valence-electron chi connectivity index (χ0n) is 10.3. The Labute approximate surface area is 99.3 Å². The van der Waals surface area contributed by atoms with Crippen molar-refractivity contribution in [1.29, 1.82) is 0 Å². The summed E-state index contributed by atoms with van der Waals surface area (Å²) < 4.78 is 0. The van der Waals surface area contributed by atoms with Crippen LogP contribution in [-0.2, 0) is 6.42 Å². The highest BCUT2D eigenvalue weighted by molar-refractivity contribution is 5.15. The smallest absolute Gasteiger partial charge is 0.00697 e. The van der Waals surface area contributed by atoms with Crippen LogP contribution in [0, 0.1) is 5.92 Å².